The maximum absolute atomic E-state index is 12.2. The molecule has 1 aromatic heterocycles. The Morgan fingerprint density at radius 1 is 1.17 bits per heavy atom. The molecule has 8 heteroatoms. The van der Waals surface area contributed by atoms with Crippen molar-refractivity contribution in [2.45, 2.75) is 38.1 Å². The van der Waals surface area contributed by atoms with E-state index in [1.807, 2.05) is 54.8 Å². The van der Waals surface area contributed by atoms with Crippen LogP contribution in [0, 0.1) is 0 Å². The second-order valence-corrected chi connectivity index (χ2v) is 8.00. The van der Waals surface area contributed by atoms with E-state index in [0.29, 0.717) is 34.8 Å². The van der Waals surface area contributed by atoms with Gasteiger partial charge in [0.25, 0.3) is 0 Å². The van der Waals surface area contributed by atoms with E-state index in [0.717, 1.165) is 6.42 Å². The van der Waals surface area contributed by atoms with Crippen LogP contribution >= 0.6 is 23.4 Å². The normalized spacial score (nSPS) is 11.8. The molecule has 158 valence electrons. The highest BCUT2D eigenvalue weighted by Crippen LogP contribution is 2.29. The van der Waals surface area contributed by atoms with E-state index in [4.69, 9.17) is 16.3 Å². The predicted octanol–water partition coefficient (Wildman–Crippen LogP) is 4.54. The smallest absolute Gasteiger partial charge is 0.230 e. The average Bonchev–Trinajstić information content (AvgIpc) is 3.18. The van der Waals surface area contributed by atoms with Crippen LogP contribution in [0.1, 0.15) is 31.3 Å². The van der Waals surface area contributed by atoms with Gasteiger partial charge in [-0.15, -0.1) is 10.2 Å². The summed E-state index contributed by atoms with van der Waals surface area (Å²) >= 11 is 7.55. The molecule has 0 saturated carbocycles. The summed E-state index contributed by atoms with van der Waals surface area (Å²) < 4.78 is 7.93. The molecule has 0 bridgehead atoms. The fourth-order valence-electron chi connectivity index (χ4n) is 2.96. The van der Waals surface area contributed by atoms with Crippen molar-refractivity contribution in [2.75, 3.05) is 12.3 Å². The lowest BCUT2D eigenvalue weighted by Gasteiger charge is -2.16. The van der Waals surface area contributed by atoms with Gasteiger partial charge >= 0.3 is 0 Å². The Morgan fingerprint density at radius 3 is 2.63 bits per heavy atom. The van der Waals surface area contributed by atoms with Crippen LogP contribution in [0.2, 0.25) is 5.02 Å². The Bertz CT molecular complexity index is 965. The lowest BCUT2D eigenvalue weighted by atomic mass is 10.1. The lowest BCUT2D eigenvalue weighted by molar-refractivity contribution is -0.118. The molecule has 30 heavy (non-hydrogen) atoms. The molecule has 1 unspecified atom stereocenters. The van der Waals surface area contributed by atoms with Gasteiger partial charge in [0.15, 0.2) is 17.1 Å². The Hall–Kier alpha value is -2.51. The molecular weight excluding hydrogens is 420 g/mol. The zero-order valence-electron chi connectivity index (χ0n) is 17.0. The summed E-state index contributed by atoms with van der Waals surface area (Å²) in [5.41, 5.74) is 1.20. The Kier molecular flexibility index (Phi) is 8.16. The number of thioether (sulfide) groups is 1. The lowest BCUT2D eigenvalue weighted by Crippen LogP contribution is -2.27. The molecule has 0 aliphatic carbocycles. The van der Waals surface area contributed by atoms with E-state index in [2.05, 4.69) is 27.6 Å². The molecule has 0 saturated heterocycles. The number of halogens is 1. The number of hydrogen-bond acceptors (Lipinski definition) is 5. The highest BCUT2D eigenvalue weighted by Gasteiger charge is 2.20. The van der Waals surface area contributed by atoms with Crippen molar-refractivity contribution in [3.05, 3.63) is 71.0 Å². The van der Waals surface area contributed by atoms with Gasteiger partial charge in [-0.05, 0) is 38.0 Å². The van der Waals surface area contributed by atoms with Crippen molar-refractivity contribution < 1.29 is 9.53 Å². The molecular formula is C22H25ClN4O2S. The number of hydrogen-bond donors (Lipinski definition) is 1. The van der Waals surface area contributed by atoms with Crippen LogP contribution < -0.4 is 10.1 Å². The maximum Gasteiger partial charge on any atom is 0.230 e. The first-order valence-corrected chi connectivity index (χ1v) is 11.2. The highest BCUT2D eigenvalue weighted by molar-refractivity contribution is 7.99. The monoisotopic (exact) mass is 444 g/mol. The molecule has 6 nitrogen and oxygen atoms in total. The molecule has 0 spiro atoms. The number of aromatic nitrogens is 3. The van der Waals surface area contributed by atoms with E-state index >= 15 is 0 Å². The van der Waals surface area contributed by atoms with E-state index in [-0.39, 0.29) is 17.8 Å². The van der Waals surface area contributed by atoms with Crippen molar-refractivity contribution >= 4 is 29.3 Å². The van der Waals surface area contributed by atoms with Gasteiger partial charge in [-0.1, -0.05) is 65.8 Å². The number of benzene rings is 2. The van der Waals surface area contributed by atoms with Crippen molar-refractivity contribution in [3.8, 4) is 5.75 Å². The third-order valence-corrected chi connectivity index (χ3v) is 5.76. The van der Waals surface area contributed by atoms with Crippen LogP contribution in [0.5, 0.6) is 5.75 Å². The minimum Gasteiger partial charge on any atom is -0.481 e. The zero-order chi connectivity index (χ0) is 21.3. The standard InChI is InChI=1S/C22H25ClN4O2S/c1-3-27-21(16(2)29-19-12-8-7-11-18(19)23)25-26-22(27)30-15-20(28)24-14-13-17-9-5-4-6-10-17/h4-12,16H,3,13-15H2,1-2H3,(H,24,28). The Morgan fingerprint density at radius 2 is 1.90 bits per heavy atom. The molecule has 0 aliphatic heterocycles. The minimum atomic E-state index is -0.327. The first-order valence-electron chi connectivity index (χ1n) is 9.86. The summed E-state index contributed by atoms with van der Waals surface area (Å²) in [5.74, 6) is 1.56. The third kappa shape index (κ3) is 6.00. The molecule has 1 atom stereocenters. The molecule has 0 radical (unpaired) electrons. The van der Waals surface area contributed by atoms with Gasteiger partial charge in [0.05, 0.1) is 10.8 Å². The fourth-order valence-corrected chi connectivity index (χ4v) is 3.98. The van der Waals surface area contributed by atoms with Crippen LogP contribution in [-0.2, 0) is 17.8 Å². The van der Waals surface area contributed by atoms with Gasteiger partial charge in [0, 0.05) is 13.1 Å². The highest BCUT2D eigenvalue weighted by atomic mass is 35.5. The van der Waals surface area contributed by atoms with Crippen LogP contribution in [0.15, 0.2) is 59.8 Å². The van der Waals surface area contributed by atoms with Crippen molar-refractivity contribution in [2.24, 2.45) is 0 Å². The number of rotatable bonds is 10. The quantitative estimate of drug-likeness (QED) is 0.465. The van der Waals surface area contributed by atoms with Crippen LogP contribution in [-0.4, -0.2) is 33.0 Å². The summed E-state index contributed by atoms with van der Waals surface area (Å²) in [4.78, 5) is 12.2. The van der Waals surface area contributed by atoms with Gasteiger partial charge in [0.2, 0.25) is 5.91 Å². The number of amides is 1. The van der Waals surface area contributed by atoms with E-state index < -0.39 is 0 Å². The topological polar surface area (TPSA) is 69.0 Å². The molecule has 1 heterocycles. The summed E-state index contributed by atoms with van der Waals surface area (Å²) in [6.07, 6.45) is 0.482. The van der Waals surface area contributed by atoms with Gasteiger partial charge in [-0.2, -0.15) is 0 Å². The first-order chi connectivity index (χ1) is 14.6. The molecule has 1 N–H and O–H groups in total. The summed E-state index contributed by atoms with van der Waals surface area (Å²) in [7, 11) is 0. The Labute approximate surface area is 186 Å². The van der Waals surface area contributed by atoms with E-state index in [1.54, 1.807) is 6.07 Å². The summed E-state index contributed by atoms with van der Waals surface area (Å²) in [5, 5.41) is 12.7. The number of carbonyl (C=O) groups excluding carboxylic acids is 1. The third-order valence-electron chi connectivity index (χ3n) is 4.48. The minimum absolute atomic E-state index is 0.0245. The number of nitrogens with zero attached hydrogens (tertiary/aromatic N) is 3. The van der Waals surface area contributed by atoms with Gasteiger partial charge in [-0.25, -0.2) is 0 Å². The van der Waals surface area contributed by atoms with Crippen LogP contribution in [0.4, 0.5) is 0 Å². The largest absolute Gasteiger partial charge is 0.481 e. The number of carbonyl (C=O) groups is 1. The molecule has 0 aliphatic rings. The van der Waals surface area contributed by atoms with Crippen molar-refractivity contribution in [1.82, 2.24) is 20.1 Å². The number of ether oxygens (including phenoxy) is 1. The molecule has 0 fully saturated rings. The maximum atomic E-state index is 12.2. The number of nitrogens with one attached hydrogen (secondary N) is 1. The molecule has 2 aromatic carbocycles. The second kappa shape index (κ2) is 11.0. The summed E-state index contributed by atoms with van der Waals surface area (Å²) in [6.45, 7) is 5.21. The predicted molar refractivity (Wildman–Crippen MR) is 120 cm³/mol. The first kappa shape index (κ1) is 22.2. The summed E-state index contributed by atoms with van der Waals surface area (Å²) in [6, 6.07) is 17.4. The van der Waals surface area contributed by atoms with Crippen LogP contribution in [0.3, 0.4) is 0 Å². The van der Waals surface area contributed by atoms with E-state index in [1.165, 1.54) is 17.3 Å². The van der Waals surface area contributed by atoms with Gasteiger partial charge in [0.1, 0.15) is 5.75 Å². The van der Waals surface area contributed by atoms with E-state index in [9.17, 15) is 4.79 Å². The molecule has 3 aromatic rings. The van der Waals surface area contributed by atoms with Gasteiger partial charge < -0.3 is 14.6 Å². The molecule has 3 rings (SSSR count). The van der Waals surface area contributed by atoms with Crippen molar-refractivity contribution in [1.29, 1.82) is 0 Å². The second-order valence-electron chi connectivity index (χ2n) is 6.65. The van der Waals surface area contributed by atoms with Crippen molar-refractivity contribution in [3.63, 3.8) is 0 Å². The van der Waals surface area contributed by atoms with Gasteiger partial charge in [-0.3, -0.25) is 4.79 Å². The average molecular weight is 445 g/mol. The SMILES string of the molecule is CCn1c(SCC(=O)NCCc2ccccc2)nnc1C(C)Oc1ccccc1Cl. The number of para-hydroxylation sites is 1. The Balaban J connectivity index is 1.53. The zero-order valence-corrected chi connectivity index (χ0v) is 18.6. The fraction of sp³-hybridized carbons (Fsp3) is 0.318. The van der Waals surface area contributed by atoms with Crippen LogP contribution in [0.25, 0.3) is 0 Å². The molecule has 1 amide bonds.